The van der Waals surface area contributed by atoms with Crippen LogP contribution < -0.4 is 4.74 Å². The average molecular weight is 336 g/mol. The number of hydrogen-bond donors (Lipinski definition) is 2. The maximum Gasteiger partial charge on any atom is 0.198 e. The molecule has 2 aromatic carbocycles. The van der Waals surface area contributed by atoms with E-state index in [2.05, 4.69) is 6.58 Å². The third-order valence-corrected chi connectivity index (χ3v) is 4.91. The second-order valence-corrected chi connectivity index (χ2v) is 6.61. The first kappa shape index (κ1) is 15.4. The highest BCUT2D eigenvalue weighted by molar-refractivity contribution is 6.29. The van der Waals surface area contributed by atoms with Gasteiger partial charge < -0.3 is 14.9 Å². The highest BCUT2D eigenvalue weighted by Crippen LogP contribution is 2.42. The smallest absolute Gasteiger partial charge is 0.198 e. The molecule has 0 saturated heterocycles. The lowest BCUT2D eigenvalue weighted by Gasteiger charge is -2.20. The van der Waals surface area contributed by atoms with Crippen molar-refractivity contribution in [1.29, 1.82) is 0 Å². The third-order valence-electron chi connectivity index (χ3n) is 4.91. The van der Waals surface area contributed by atoms with E-state index < -0.39 is 11.6 Å². The SMILES string of the molecule is C=C(C)C1Cc2cc3c(cc2O1)C(=O)c1cc(O)c(C)c(O)c1C3=O. The normalized spacial score (nSPS) is 17.6. The summed E-state index contributed by atoms with van der Waals surface area (Å²) < 4.78 is 5.81. The predicted octanol–water partition coefficient (Wildman–Crippen LogP) is 3.06. The fourth-order valence-electron chi connectivity index (χ4n) is 3.38. The van der Waals surface area contributed by atoms with Gasteiger partial charge in [0.05, 0.1) is 5.56 Å². The van der Waals surface area contributed by atoms with Gasteiger partial charge >= 0.3 is 0 Å². The standard InChI is InChI=1S/C20H16O5/c1-8(2)15-5-10-4-11-12(7-16(10)25-15)19(23)13-6-14(21)9(3)18(22)17(13)20(11)24/h4,6-7,15,21-22H,1,5H2,2-3H3. The Morgan fingerprint density at radius 2 is 1.80 bits per heavy atom. The van der Waals surface area contributed by atoms with Crippen molar-refractivity contribution in [2.24, 2.45) is 0 Å². The summed E-state index contributed by atoms with van der Waals surface area (Å²) in [5, 5.41) is 20.2. The Balaban J connectivity index is 1.92. The zero-order valence-electron chi connectivity index (χ0n) is 13.8. The molecule has 0 bridgehead atoms. The van der Waals surface area contributed by atoms with Crippen molar-refractivity contribution in [3.05, 3.63) is 63.7 Å². The maximum atomic E-state index is 12.9. The molecule has 1 aliphatic carbocycles. The van der Waals surface area contributed by atoms with E-state index in [1.165, 1.54) is 13.0 Å². The van der Waals surface area contributed by atoms with Crippen LogP contribution in [0.1, 0.15) is 49.9 Å². The van der Waals surface area contributed by atoms with Gasteiger partial charge in [0.1, 0.15) is 23.4 Å². The van der Waals surface area contributed by atoms with Gasteiger partial charge in [-0.2, -0.15) is 0 Å². The summed E-state index contributed by atoms with van der Waals surface area (Å²) in [6.45, 7) is 7.25. The van der Waals surface area contributed by atoms with E-state index in [1.54, 1.807) is 12.1 Å². The predicted molar refractivity (Wildman–Crippen MR) is 90.7 cm³/mol. The summed E-state index contributed by atoms with van der Waals surface area (Å²) in [5.74, 6) is -0.847. The van der Waals surface area contributed by atoms with Crippen LogP contribution in [0.2, 0.25) is 0 Å². The second-order valence-electron chi connectivity index (χ2n) is 6.61. The summed E-state index contributed by atoms with van der Waals surface area (Å²) in [5.41, 5.74) is 2.31. The number of aromatic hydroxyl groups is 2. The lowest BCUT2D eigenvalue weighted by molar-refractivity contribution is 0.0976. The first-order valence-corrected chi connectivity index (χ1v) is 7.93. The van der Waals surface area contributed by atoms with E-state index in [-0.39, 0.29) is 45.4 Å². The van der Waals surface area contributed by atoms with Gasteiger partial charge in [0.15, 0.2) is 11.6 Å². The number of ether oxygens (including phenoxy) is 1. The molecule has 1 unspecified atom stereocenters. The zero-order valence-corrected chi connectivity index (χ0v) is 13.8. The van der Waals surface area contributed by atoms with Crippen LogP contribution >= 0.6 is 0 Å². The molecule has 1 atom stereocenters. The number of hydrogen-bond acceptors (Lipinski definition) is 5. The lowest BCUT2D eigenvalue weighted by atomic mass is 9.81. The van der Waals surface area contributed by atoms with Crippen LogP contribution in [0, 0.1) is 6.92 Å². The monoisotopic (exact) mass is 336 g/mol. The first-order valence-electron chi connectivity index (χ1n) is 7.93. The van der Waals surface area contributed by atoms with E-state index in [0.717, 1.165) is 11.1 Å². The third kappa shape index (κ3) is 2.02. The van der Waals surface area contributed by atoms with Crippen molar-refractivity contribution in [2.75, 3.05) is 0 Å². The molecule has 0 spiro atoms. The largest absolute Gasteiger partial charge is 0.508 e. The van der Waals surface area contributed by atoms with Gasteiger partial charge in [0, 0.05) is 28.7 Å². The molecule has 0 amide bonds. The average Bonchev–Trinajstić information content (AvgIpc) is 2.99. The number of benzene rings is 2. The molecule has 25 heavy (non-hydrogen) atoms. The molecule has 1 aliphatic heterocycles. The molecule has 0 saturated carbocycles. The summed E-state index contributed by atoms with van der Waals surface area (Å²) >= 11 is 0. The topological polar surface area (TPSA) is 83.8 Å². The van der Waals surface area contributed by atoms with Crippen LogP contribution in [-0.4, -0.2) is 27.9 Å². The van der Waals surface area contributed by atoms with Crippen molar-refractivity contribution in [3.8, 4) is 17.2 Å². The number of carbonyl (C=O) groups is 2. The summed E-state index contributed by atoms with van der Waals surface area (Å²) in [6, 6.07) is 4.47. The Morgan fingerprint density at radius 1 is 1.12 bits per heavy atom. The van der Waals surface area contributed by atoms with Crippen LogP contribution in [0.5, 0.6) is 17.2 Å². The minimum atomic E-state index is -0.424. The quantitative estimate of drug-likeness (QED) is 0.667. The van der Waals surface area contributed by atoms with Gasteiger partial charge in [0.25, 0.3) is 0 Å². The summed E-state index contributed by atoms with van der Waals surface area (Å²) in [6.07, 6.45) is 0.415. The molecule has 5 nitrogen and oxygen atoms in total. The van der Waals surface area contributed by atoms with Crippen LogP contribution in [0.15, 0.2) is 30.4 Å². The molecule has 0 aromatic heterocycles. The van der Waals surface area contributed by atoms with Crippen molar-refractivity contribution in [3.63, 3.8) is 0 Å². The highest BCUT2D eigenvalue weighted by Gasteiger charge is 2.36. The molecular weight excluding hydrogens is 320 g/mol. The molecule has 4 rings (SSSR count). The van der Waals surface area contributed by atoms with Gasteiger partial charge in [0.2, 0.25) is 0 Å². The molecule has 0 fully saturated rings. The Labute approximate surface area is 144 Å². The molecule has 2 aromatic rings. The number of carbonyl (C=O) groups excluding carboxylic acids is 2. The number of phenols is 2. The van der Waals surface area contributed by atoms with Gasteiger partial charge in [-0.05, 0) is 43.2 Å². The van der Waals surface area contributed by atoms with Crippen LogP contribution in [0.3, 0.4) is 0 Å². The number of fused-ring (bicyclic) bond motifs is 3. The number of phenolic OH excluding ortho intramolecular Hbond substituents is 2. The fourth-order valence-corrected chi connectivity index (χ4v) is 3.38. The first-order chi connectivity index (χ1) is 11.8. The molecule has 1 heterocycles. The summed E-state index contributed by atoms with van der Waals surface area (Å²) in [4.78, 5) is 25.7. The van der Waals surface area contributed by atoms with E-state index in [0.29, 0.717) is 12.2 Å². The molecular formula is C20H16O5. The van der Waals surface area contributed by atoms with E-state index in [9.17, 15) is 19.8 Å². The Kier molecular flexibility index (Phi) is 3.06. The van der Waals surface area contributed by atoms with E-state index in [4.69, 9.17) is 4.74 Å². The van der Waals surface area contributed by atoms with E-state index in [1.807, 2.05) is 6.92 Å². The Bertz CT molecular complexity index is 1000. The van der Waals surface area contributed by atoms with Gasteiger partial charge in [-0.3, -0.25) is 9.59 Å². The van der Waals surface area contributed by atoms with Crippen LogP contribution in [-0.2, 0) is 6.42 Å². The van der Waals surface area contributed by atoms with Crippen LogP contribution in [0.4, 0.5) is 0 Å². The maximum absolute atomic E-state index is 12.9. The minimum Gasteiger partial charge on any atom is -0.508 e. The Hall–Kier alpha value is -3.08. The fraction of sp³-hybridized carbons (Fsp3) is 0.200. The minimum absolute atomic E-state index is 0.00694. The molecule has 2 aliphatic rings. The molecule has 2 N–H and O–H groups in total. The van der Waals surface area contributed by atoms with Crippen molar-refractivity contribution in [2.45, 2.75) is 26.4 Å². The Morgan fingerprint density at radius 3 is 2.48 bits per heavy atom. The van der Waals surface area contributed by atoms with Gasteiger partial charge in [-0.1, -0.05) is 6.58 Å². The van der Waals surface area contributed by atoms with Crippen molar-refractivity contribution in [1.82, 2.24) is 0 Å². The van der Waals surface area contributed by atoms with Gasteiger partial charge in [-0.15, -0.1) is 0 Å². The second kappa shape index (κ2) is 4.96. The van der Waals surface area contributed by atoms with E-state index >= 15 is 0 Å². The van der Waals surface area contributed by atoms with Crippen molar-refractivity contribution < 1.29 is 24.5 Å². The zero-order chi connectivity index (χ0) is 18.0. The lowest BCUT2D eigenvalue weighted by Crippen LogP contribution is -2.21. The number of ketones is 2. The number of rotatable bonds is 1. The molecule has 0 radical (unpaired) electrons. The highest BCUT2D eigenvalue weighted by atomic mass is 16.5. The van der Waals surface area contributed by atoms with Crippen molar-refractivity contribution >= 4 is 11.6 Å². The molecule has 126 valence electrons. The molecule has 5 heteroatoms. The van der Waals surface area contributed by atoms with Crippen LogP contribution in [0.25, 0.3) is 0 Å². The van der Waals surface area contributed by atoms with Gasteiger partial charge in [-0.25, -0.2) is 0 Å². The summed E-state index contributed by atoms with van der Waals surface area (Å²) in [7, 11) is 0.